The minimum Gasteiger partial charge on any atom is -0.455 e. The summed E-state index contributed by atoms with van der Waals surface area (Å²) in [4.78, 5) is 12.0. The fourth-order valence-electron chi connectivity index (χ4n) is 1.60. The molecule has 1 rings (SSSR count). The van der Waals surface area contributed by atoms with Gasteiger partial charge in [0.05, 0.1) is 5.69 Å². The lowest BCUT2D eigenvalue weighted by atomic mass is 10.2. The highest BCUT2D eigenvalue weighted by Crippen LogP contribution is 2.16. The molecule has 0 unspecified atom stereocenters. The number of esters is 1. The van der Waals surface area contributed by atoms with Gasteiger partial charge in [0.1, 0.15) is 11.3 Å². The Hall–Kier alpha value is -1.49. The molecule has 0 aliphatic heterocycles. The Bertz CT molecular complexity index is 405. The van der Waals surface area contributed by atoms with Gasteiger partial charge < -0.3 is 19.8 Å². The van der Waals surface area contributed by atoms with Gasteiger partial charge in [-0.15, -0.1) is 0 Å². The smallest absolute Gasteiger partial charge is 0.355 e. The summed E-state index contributed by atoms with van der Waals surface area (Å²) in [6, 6.07) is 1.64. The molecule has 1 aromatic rings. The molecule has 0 amide bonds. The van der Waals surface area contributed by atoms with E-state index in [0.29, 0.717) is 24.5 Å². The minimum absolute atomic E-state index is 0.350. The van der Waals surface area contributed by atoms with E-state index in [1.165, 1.54) is 0 Å². The molecule has 0 aromatic carbocycles. The van der Waals surface area contributed by atoms with Crippen LogP contribution in [-0.4, -0.2) is 29.9 Å². The van der Waals surface area contributed by atoms with Gasteiger partial charge in [-0.05, 0) is 33.3 Å². The first-order valence-electron chi connectivity index (χ1n) is 6.01. The summed E-state index contributed by atoms with van der Waals surface area (Å²) in [6.07, 6.45) is 2.56. The highest BCUT2D eigenvalue weighted by molar-refractivity contribution is 5.89. The average molecular weight is 254 g/mol. The lowest BCUT2D eigenvalue weighted by molar-refractivity contribution is 0.00571. The molecule has 0 bridgehead atoms. The van der Waals surface area contributed by atoms with Crippen molar-refractivity contribution in [1.29, 1.82) is 0 Å². The van der Waals surface area contributed by atoms with Crippen molar-refractivity contribution >= 4 is 11.7 Å². The third kappa shape index (κ3) is 4.41. The molecule has 0 saturated heterocycles. The zero-order valence-electron chi connectivity index (χ0n) is 11.5. The van der Waals surface area contributed by atoms with E-state index < -0.39 is 5.60 Å². The number of nitrogens with two attached hydrogens (primary N) is 1. The average Bonchev–Trinajstić information content (AvgIpc) is 2.58. The number of methoxy groups -OCH3 is 1. The Morgan fingerprint density at radius 1 is 1.44 bits per heavy atom. The van der Waals surface area contributed by atoms with Crippen LogP contribution in [0.15, 0.2) is 12.3 Å². The number of aryl methyl sites for hydroxylation is 1. The monoisotopic (exact) mass is 254 g/mol. The fourth-order valence-corrected chi connectivity index (χ4v) is 1.60. The SMILES string of the molecule is COCCCn1cc(N)cc1C(=O)OC(C)(C)C. The summed E-state index contributed by atoms with van der Waals surface area (Å²) in [5, 5.41) is 0. The van der Waals surface area contributed by atoms with Crippen molar-refractivity contribution in [2.75, 3.05) is 19.5 Å². The number of nitrogen functional groups attached to an aromatic ring is 1. The lowest BCUT2D eigenvalue weighted by Crippen LogP contribution is -2.25. The van der Waals surface area contributed by atoms with E-state index in [1.807, 2.05) is 25.3 Å². The van der Waals surface area contributed by atoms with Crippen LogP contribution < -0.4 is 5.73 Å². The number of rotatable bonds is 5. The quantitative estimate of drug-likeness (QED) is 0.645. The molecule has 5 heteroatoms. The van der Waals surface area contributed by atoms with Crippen LogP contribution >= 0.6 is 0 Å². The van der Waals surface area contributed by atoms with Gasteiger partial charge in [0.25, 0.3) is 0 Å². The summed E-state index contributed by atoms with van der Waals surface area (Å²) >= 11 is 0. The fraction of sp³-hybridized carbons (Fsp3) is 0.615. The molecule has 1 aromatic heterocycles. The Morgan fingerprint density at radius 3 is 2.67 bits per heavy atom. The second-order valence-electron chi connectivity index (χ2n) is 5.20. The maximum Gasteiger partial charge on any atom is 0.355 e. The van der Waals surface area contributed by atoms with Gasteiger partial charge in [-0.3, -0.25) is 0 Å². The van der Waals surface area contributed by atoms with E-state index in [4.69, 9.17) is 15.2 Å². The number of hydrogen-bond acceptors (Lipinski definition) is 4. The first-order valence-corrected chi connectivity index (χ1v) is 6.01. The van der Waals surface area contributed by atoms with E-state index in [-0.39, 0.29) is 5.97 Å². The van der Waals surface area contributed by atoms with Crippen LogP contribution in [0.5, 0.6) is 0 Å². The van der Waals surface area contributed by atoms with Crippen molar-refractivity contribution in [1.82, 2.24) is 4.57 Å². The molecule has 2 N–H and O–H groups in total. The van der Waals surface area contributed by atoms with Crippen molar-refractivity contribution in [3.8, 4) is 0 Å². The van der Waals surface area contributed by atoms with Crippen molar-refractivity contribution in [3.63, 3.8) is 0 Å². The van der Waals surface area contributed by atoms with E-state index in [1.54, 1.807) is 19.4 Å². The summed E-state index contributed by atoms with van der Waals surface area (Å²) in [6.45, 7) is 6.84. The van der Waals surface area contributed by atoms with E-state index in [9.17, 15) is 4.79 Å². The maximum atomic E-state index is 12.0. The van der Waals surface area contributed by atoms with Gasteiger partial charge in [-0.1, -0.05) is 0 Å². The Kier molecular flexibility index (Phi) is 4.78. The van der Waals surface area contributed by atoms with E-state index in [2.05, 4.69) is 0 Å². The van der Waals surface area contributed by atoms with Gasteiger partial charge in [0, 0.05) is 26.5 Å². The van der Waals surface area contributed by atoms with Crippen LogP contribution in [0.3, 0.4) is 0 Å². The van der Waals surface area contributed by atoms with Crippen LogP contribution in [0.4, 0.5) is 5.69 Å². The van der Waals surface area contributed by atoms with Gasteiger partial charge >= 0.3 is 5.97 Å². The molecule has 5 nitrogen and oxygen atoms in total. The molecule has 1 heterocycles. The Morgan fingerprint density at radius 2 is 2.11 bits per heavy atom. The summed E-state index contributed by atoms with van der Waals surface area (Å²) in [5.74, 6) is -0.350. The van der Waals surface area contributed by atoms with Crippen LogP contribution in [0.2, 0.25) is 0 Å². The lowest BCUT2D eigenvalue weighted by Gasteiger charge is -2.20. The van der Waals surface area contributed by atoms with Gasteiger partial charge in [-0.2, -0.15) is 0 Å². The zero-order valence-corrected chi connectivity index (χ0v) is 11.5. The molecular weight excluding hydrogens is 232 g/mol. The number of aromatic nitrogens is 1. The largest absolute Gasteiger partial charge is 0.455 e. The topological polar surface area (TPSA) is 66.5 Å². The summed E-state index contributed by atoms with van der Waals surface area (Å²) in [7, 11) is 1.65. The summed E-state index contributed by atoms with van der Waals surface area (Å²) in [5.41, 5.74) is 6.27. The van der Waals surface area contributed by atoms with Crippen LogP contribution in [0.25, 0.3) is 0 Å². The highest BCUT2D eigenvalue weighted by Gasteiger charge is 2.21. The molecule has 0 atom stereocenters. The number of ether oxygens (including phenoxy) is 2. The number of carbonyl (C=O) groups is 1. The molecule has 0 fully saturated rings. The third-order valence-electron chi connectivity index (χ3n) is 2.27. The number of anilines is 1. The van der Waals surface area contributed by atoms with Gasteiger partial charge in [-0.25, -0.2) is 4.79 Å². The number of carbonyl (C=O) groups excluding carboxylic acids is 1. The van der Waals surface area contributed by atoms with Crippen molar-refractivity contribution < 1.29 is 14.3 Å². The molecule has 0 radical (unpaired) electrons. The van der Waals surface area contributed by atoms with Crippen molar-refractivity contribution in [2.45, 2.75) is 39.3 Å². The first-order chi connectivity index (χ1) is 8.33. The van der Waals surface area contributed by atoms with Gasteiger partial charge in [0.2, 0.25) is 0 Å². The molecule has 102 valence electrons. The molecule has 0 aliphatic rings. The van der Waals surface area contributed by atoms with Crippen molar-refractivity contribution in [3.05, 3.63) is 18.0 Å². The van der Waals surface area contributed by atoms with Crippen LogP contribution in [0.1, 0.15) is 37.7 Å². The van der Waals surface area contributed by atoms with Crippen LogP contribution in [0, 0.1) is 0 Å². The second kappa shape index (κ2) is 5.91. The molecular formula is C13H22N2O3. The van der Waals surface area contributed by atoms with E-state index in [0.717, 1.165) is 6.42 Å². The number of hydrogen-bond donors (Lipinski definition) is 1. The Balaban J connectivity index is 2.77. The number of nitrogens with zero attached hydrogens (tertiary/aromatic N) is 1. The zero-order chi connectivity index (χ0) is 13.8. The molecule has 0 saturated carbocycles. The first kappa shape index (κ1) is 14.6. The molecule has 0 spiro atoms. The maximum absolute atomic E-state index is 12.0. The molecule has 18 heavy (non-hydrogen) atoms. The Labute approximate surface area is 108 Å². The van der Waals surface area contributed by atoms with Crippen LogP contribution in [-0.2, 0) is 16.0 Å². The normalized spacial score (nSPS) is 11.6. The van der Waals surface area contributed by atoms with E-state index >= 15 is 0 Å². The van der Waals surface area contributed by atoms with Gasteiger partial charge in [0.15, 0.2) is 0 Å². The molecule has 0 aliphatic carbocycles. The third-order valence-corrected chi connectivity index (χ3v) is 2.27. The second-order valence-corrected chi connectivity index (χ2v) is 5.20. The minimum atomic E-state index is -0.506. The highest BCUT2D eigenvalue weighted by atomic mass is 16.6. The van der Waals surface area contributed by atoms with Crippen molar-refractivity contribution in [2.24, 2.45) is 0 Å². The standard InChI is InChI=1S/C13H22N2O3/c1-13(2,3)18-12(16)11-8-10(14)9-15(11)6-5-7-17-4/h8-9H,5-7,14H2,1-4H3. The summed E-state index contributed by atoms with van der Waals surface area (Å²) < 4.78 is 12.1. The predicted octanol–water partition coefficient (Wildman–Crippen LogP) is 2.06. The predicted molar refractivity (Wildman–Crippen MR) is 70.5 cm³/mol.